The molecule has 0 amide bonds. The molecule has 0 spiro atoms. The molecule has 1 aromatic rings. The second kappa shape index (κ2) is 7.76. The fraction of sp³-hybridized carbons (Fsp3) is 0.706. The average Bonchev–Trinajstić information content (AvgIpc) is 2.85. The molecule has 1 saturated heterocycles. The van der Waals surface area contributed by atoms with Crippen LogP contribution in [0.3, 0.4) is 0 Å². The van der Waals surface area contributed by atoms with Gasteiger partial charge in [-0.2, -0.15) is 0 Å². The van der Waals surface area contributed by atoms with E-state index in [0.29, 0.717) is 12.1 Å². The topological polar surface area (TPSA) is 39.1 Å². The molecule has 4 heteroatoms. The van der Waals surface area contributed by atoms with Gasteiger partial charge in [0.15, 0.2) is 0 Å². The van der Waals surface area contributed by atoms with E-state index in [1.807, 2.05) is 19.6 Å². The molecule has 1 aliphatic rings. The summed E-state index contributed by atoms with van der Waals surface area (Å²) in [5.74, 6) is 0. The Bertz CT molecular complexity index is 462. The Balaban J connectivity index is 1.81. The van der Waals surface area contributed by atoms with Gasteiger partial charge in [0.2, 0.25) is 0 Å². The number of allylic oxidation sites excluding steroid dienone is 2. The van der Waals surface area contributed by atoms with Gasteiger partial charge in [0.05, 0.1) is 18.2 Å². The average molecular weight is 291 g/mol. The maximum absolute atomic E-state index is 5.92. The predicted molar refractivity (Wildman–Crippen MR) is 86.2 cm³/mol. The van der Waals surface area contributed by atoms with Crippen molar-refractivity contribution in [3.8, 4) is 0 Å². The van der Waals surface area contributed by atoms with E-state index in [9.17, 15) is 0 Å². The molecule has 0 unspecified atom stereocenters. The first-order chi connectivity index (χ1) is 10.1. The van der Waals surface area contributed by atoms with E-state index >= 15 is 0 Å². The zero-order valence-electron chi connectivity index (χ0n) is 13.8. The van der Waals surface area contributed by atoms with Crippen LogP contribution in [0.25, 0.3) is 0 Å². The monoisotopic (exact) mass is 291 g/mol. The van der Waals surface area contributed by atoms with E-state index in [4.69, 9.17) is 4.74 Å². The van der Waals surface area contributed by atoms with Crippen LogP contribution in [-0.4, -0.2) is 28.2 Å². The number of nitrogens with zero attached hydrogens (tertiary/aromatic N) is 2. The first-order valence-corrected chi connectivity index (χ1v) is 8.03. The van der Waals surface area contributed by atoms with E-state index in [2.05, 4.69) is 41.7 Å². The van der Waals surface area contributed by atoms with Crippen molar-refractivity contribution in [3.63, 3.8) is 0 Å². The van der Waals surface area contributed by atoms with Crippen molar-refractivity contribution in [2.75, 3.05) is 6.61 Å². The van der Waals surface area contributed by atoms with Gasteiger partial charge in [-0.15, -0.1) is 0 Å². The Kier molecular flexibility index (Phi) is 6.00. The number of imidazole rings is 1. The molecule has 1 N–H and O–H groups in total. The van der Waals surface area contributed by atoms with Crippen LogP contribution in [0.1, 0.15) is 58.3 Å². The Hall–Kier alpha value is -1.13. The number of hydrogen-bond donors (Lipinski definition) is 1. The summed E-state index contributed by atoms with van der Waals surface area (Å²) in [4.78, 5) is 4.20. The molecule has 1 fully saturated rings. The summed E-state index contributed by atoms with van der Waals surface area (Å²) >= 11 is 0. The van der Waals surface area contributed by atoms with Crippen LogP contribution < -0.4 is 5.32 Å². The SMILES string of the molecule is CC(C)=CCC[C@H](C)N[C@@H]1CCO[C@H](c2cncn2C)C1. The Morgan fingerprint density at radius 2 is 2.38 bits per heavy atom. The van der Waals surface area contributed by atoms with Crippen molar-refractivity contribution in [3.05, 3.63) is 29.9 Å². The van der Waals surface area contributed by atoms with Crippen LogP contribution in [0.4, 0.5) is 0 Å². The number of nitrogens with one attached hydrogen (secondary N) is 1. The highest BCUT2D eigenvalue weighted by molar-refractivity contribution is 5.04. The van der Waals surface area contributed by atoms with Crippen LogP contribution in [0.5, 0.6) is 0 Å². The normalized spacial score (nSPS) is 23.8. The van der Waals surface area contributed by atoms with Gasteiger partial charge >= 0.3 is 0 Å². The lowest BCUT2D eigenvalue weighted by atomic mass is 9.99. The smallest absolute Gasteiger partial charge is 0.100 e. The summed E-state index contributed by atoms with van der Waals surface area (Å²) in [7, 11) is 2.03. The third-order valence-electron chi connectivity index (χ3n) is 4.14. The molecule has 2 rings (SSSR count). The van der Waals surface area contributed by atoms with E-state index in [-0.39, 0.29) is 6.10 Å². The second-order valence-electron chi connectivity index (χ2n) is 6.44. The molecule has 2 heterocycles. The number of aryl methyl sites for hydroxylation is 1. The van der Waals surface area contributed by atoms with Crippen LogP contribution >= 0.6 is 0 Å². The highest BCUT2D eigenvalue weighted by atomic mass is 16.5. The van der Waals surface area contributed by atoms with E-state index in [1.54, 1.807) is 0 Å². The molecule has 4 nitrogen and oxygen atoms in total. The van der Waals surface area contributed by atoms with Crippen molar-refractivity contribution in [2.24, 2.45) is 7.05 Å². The lowest BCUT2D eigenvalue weighted by Gasteiger charge is -2.32. The molecule has 3 atom stereocenters. The Morgan fingerprint density at radius 1 is 1.57 bits per heavy atom. The molecule has 0 aliphatic carbocycles. The maximum Gasteiger partial charge on any atom is 0.100 e. The molecular formula is C17H29N3O. The van der Waals surface area contributed by atoms with Gasteiger partial charge in [0, 0.05) is 25.7 Å². The van der Waals surface area contributed by atoms with Crippen molar-refractivity contribution in [2.45, 2.75) is 64.6 Å². The number of aromatic nitrogens is 2. The van der Waals surface area contributed by atoms with Crippen molar-refractivity contribution >= 4 is 0 Å². The second-order valence-corrected chi connectivity index (χ2v) is 6.44. The minimum absolute atomic E-state index is 0.175. The summed E-state index contributed by atoms with van der Waals surface area (Å²) in [5, 5.41) is 3.77. The summed E-state index contributed by atoms with van der Waals surface area (Å²) in [6, 6.07) is 1.09. The molecule has 0 saturated carbocycles. The molecule has 0 bridgehead atoms. The molecule has 21 heavy (non-hydrogen) atoms. The minimum Gasteiger partial charge on any atom is -0.372 e. The van der Waals surface area contributed by atoms with Gasteiger partial charge in [-0.1, -0.05) is 11.6 Å². The quantitative estimate of drug-likeness (QED) is 0.817. The third kappa shape index (κ3) is 4.97. The van der Waals surface area contributed by atoms with Gasteiger partial charge < -0.3 is 14.6 Å². The highest BCUT2D eigenvalue weighted by Crippen LogP contribution is 2.27. The van der Waals surface area contributed by atoms with Crippen LogP contribution in [-0.2, 0) is 11.8 Å². The van der Waals surface area contributed by atoms with Gasteiger partial charge in [-0.3, -0.25) is 0 Å². The van der Waals surface area contributed by atoms with E-state index < -0.39 is 0 Å². The van der Waals surface area contributed by atoms with Crippen LogP contribution in [0, 0.1) is 0 Å². The lowest BCUT2D eigenvalue weighted by Crippen LogP contribution is -2.41. The van der Waals surface area contributed by atoms with Crippen molar-refractivity contribution in [1.29, 1.82) is 0 Å². The zero-order chi connectivity index (χ0) is 15.2. The van der Waals surface area contributed by atoms with Crippen molar-refractivity contribution in [1.82, 2.24) is 14.9 Å². The van der Waals surface area contributed by atoms with E-state index in [0.717, 1.165) is 25.9 Å². The Morgan fingerprint density at radius 3 is 3.05 bits per heavy atom. The number of ether oxygens (including phenoxy) is 1. The summed E-state index contributed by atoms with van der Waals surface area (Å²) in [6.07, 6.45) is 10.7. The van der Waals surface area contributed by atoms with E-state index in [1.165, 1.54) is 17.7 Å². The minimum atomic E-state index is 0.175. The summed E-state index contributed by atoms with van der Waals surface area (Å²) in [5.41, 5.74) is 2.59. The molecule has 0 aromatic carbocycles. The zero-order valence-corrected chi connectivity index (χ0v) is 13.8. The van der Waals surface area contributed by atoms with Crippen LogP contribution in [0.2, 0.25) is 0 Å². The Labute approximate surface area is 128 Å². The first kappa shape index (κ1) is 16.2. The number of hydrogen-bond acceptors (Lipinski definition) is 3. The molecule has 0 radical (unpaired) electrons. The van der Waals surface area contributed by atoms with Gasteiger partial charge in [0.1, 0.15) is 6.10 Å². The van der Waals surface area contributed by atoms with Gasteiger partial charge in [-0.05, 0) is 46.5 Å². The molecule has 1 aromatic heterocycles. The summed E-state index contributed by atoms with van der Waals surface area (Å²) in [6.45, 7) is 7.44. The number of rotatable bonds is 6. The predicted octanol–water partition coefficient (Wildman–Crippen LogP) is 3.36. The fourth-order valence-corrected chi connectivity index (χ4v) is 2.94. The largest absolute Gasteiger partial charge is 0.372 e. The molecule has 1 aliphatic heterocycles. The third-order valence-corrected chi connectivity index (χ3v) is 4.14. The highest BCUT2D eigenvalue weighted by Gasteiger charge is 2.26. The van der Waals surface area contributed by atoms with Gasteiger partial charge in [-0.25, -0.2) is 4.98 Å². The standard InChI is InChI=1S/C17H29N3O/c1-13(2)6-5-7-14(3)19-15-8-9-21-17(10-15)16-11-18-12-20(16)4/h6,11-12,14-15,17,19H,5,7-10H2,1-4H3/t14-,15+,17-/m0/s1. The van der Waals surface area contributed by atoms with Crippen molar-refractivity contribution < 1.29 is 4.74 Å². The lowest BCUT2D eigenvalue weighted by molar-refractivity contribution is -0.00543. The molecule has 118 valence electrons. The van der Waals surface area contributed by atoms with Crippen LogP contribution in [0.15, 0.2) is 24.2 Å². The van der Waals surface area contributed by atoms with Gasteiger partial charge in [0.25, 0.3) is 0 Å². The molecular weight excluding hydrogens is 262 g/mol. The maximum atomic E-state index is 5.92. The summed E-state index contributed by atoms with van der Waals surface area (Å²) < 4.78 is 7.98. The first-order valence-electron chi connectivity index (χ1n) is 8.03. The fourth-order valence-electron chi connectivity index (χ4n) is 2.94.